The van der Waals surface area contributed by atoms with Crippen molar-refractivity contribution in [2.24, 2.45) is 0 Å². The Bertz CT molecular complexity index is 466. The van der Waals surface area contributed by atoms with Gasteiger partial charge in [-0.15, -0.1) is 23.5 Å². The Morgan fingerprint density at radius 1 is 0.706 bits per heavy atom. The molecule has 1 aliphatic rings. The third-order valence-electron chi connectivity index (χ3n) is 2.97. The number of rotatable bonds is 1. The first-order chi connectivity index (χ1) is 8.43. The van der Waals surface area contributed by atoms with Crippen molar-refractivity contribution in [3.05, 3.63) is 71.3 Å². The minimum absolute atomic E-state index is 0.573. The van der Waals surface area contributed by atoms with E-state index in [-0.39, 0.29) is 0 Å². The Hall–Kier alpha value is -0.860. The van der Waals surface area contributed by atoms with Crippen molar-refractivity contribution >= 4 is 23.5 Å². The van der Waals surface area contributed by atoms with Gasteiger partial charge in [0.05, 0.1) is 4.58 Å². The molecule has 0 aromatic heterocycles. The lowest BCUT2D eigenvalue weighted by Gasteiger charge is -2.12. The highest BCUT2D eigenvalue weighted by molar-refractivity contribution is 8.15. The monoisotopic (exact) mass is 258 g/mol. The molecule has 0 amide bonds. The summed E-state index contributed by atoms with van der Waals surface area (Å²) in [6.45, 7) is 0. The Kier molecular flexibility index (Phi) is 3.44. The van der Waals surface area contributed by atoms with Crippen LogP contribution in [0.5, 0.6) is 0 Å². The molecule has 1 heterocycles. The molecule has 0 spiro atoms. The van der Waals surface area contributed by atoms with Gasteiger partial charge in [-0.1, -0.05) is 54.6 Å². The molecule has 86 valence electrons. The van der Waals surface area contributed by atoms with E-state index in [4.69, 9.17) is 0 Å². The standard InChI is InChI=1S/C15H14S2/c1-2-6-12(7-3-1)15-16-10-13-8-4-5-9-14(13)11-17-15/h1-9,15H,10-11H2. The van der Waals surface area contributed by atoms with E-state index in [1.54, 1.807) is 0 Å². The molecule has 0 nitrogen and oxygen atoms in total. The van der Waals surface area contributed by atoms with E-state index in [1.165, 1.54) is 16.7 Å². The average Bonchev–Trinajstić information content (AvgIpc) is 2.62. The van der Waals surface area contributed by atoms with Gasteiger partial charge in [-0.2, -0.15) is 0 Å². The summed E-state index contributed by atoms with van der Waals surface area (Å²) in [7, 11) is 0. The summed E-state index contributed by atoms with van der Waals surface area (Å²) in [6, 6.07) is 19.6. The lowest BCUT2D eigenvalue weighted by molar-refractivity contribution is 1.29. The first-order valence-electron chi connectivity index (χ1n) is 5.78. The number of thioether (sulfide) groups is 2. The van der Waals surface area contributed by atoms with Crippen LogP contribution in [0.1, 0.15) is 21.3 Å². The first-order valence-corrected chi connectivity index (χ1v) is 7.88. The van der Waals surface area contributed by atoms with Gasteiger partial charge in [0, 0.05) is 11.5 Å². The van der Waals surface area contributed by atoms with Gasteiger partial charge in [0.25, 0.3) is 0 Å². The molecule has 2 aromatic carbocycles. The second-order valence-corrected chi connectivity index (χ2v) is 6.62. The fourth-order valence-electron chi connectivity index (χ4n) is 2.02. The maximum absolute atomic E-state index is 2.26. The van der Waals surface area contributed by atoms with Crippen molar-refractivity contribution in [1.82, 2.24) is 0 Å². The zero-order valence-electron chi connectivity index (χ0n) is 9.50. The van der Waals surface area contributed by atoms with E-state index in [1.807, 2.05) is 23.5 Å². The fourth-order valence-corrected chi connectivity index (χ4v) is 4.74. The number of hydrogen-bond donors (Lipinski definition) is 0. The minimum Gasteiger partial charge on any atom is -0.138 e. The van der Waals surface area contributed by atoms with Gasteiger partial charge in [-0.05, 0) is 16.7 Å². The van der Waals surface area contributed by atoms with Crippen LogP contribution in [0.3, 0.4) is 0 Å². The lowest BCUT2D eigenvalue weighted by Crippen LogP contribution is -1.87. The quantitative estimate of drug-likeness (QED) is 0.716. The second-order valence-electron chi connectivity index (χ2n) is 4.13. The van der Waals surface area contributed by atoms with E-state index in [9.17, 15) is 0 Å². The van der Waals surface area contributed by atoms with Crippen LogP contribution >= 0.6 is 23.5 Å². The minimum atomic E-state index is 0.573. The first kappa shape index (κ1) is 11.2. The molecule has 2 aromatic rings. The van der Waals surface area contributed by atoms with Gasteiger partial charge in [0.15, 0.2) is 0 Å². The summed E-state index contributed by atoms with van der Waals surface area (Å²) in [4.78, 5) is 0. The predicted molar refractivity (Wildman–Crippen MR) is 78.2 cm³/mol. The van der Waals surface area contributed by atoms with Crippen LogP contribution in [0.4, 0.5) is 0 Å². The average molecular weight is 258 g/mol. The summed E-state index contributed by atoms with van der Waals surface area (Å²) in [5, 5.41) is 0. The molecular weight excluding hydrogens is 244 g/mol. The van der Waals surface area contributed by atoms with Crippen molar-refractivity contribution in [1.29, 1.82) is 0 Å². The van der Waals surface area contributed by atoms with Gasteiger partial charge in [0.2, 0.25) is 0 Å². The van der Waals surface area contributed by atoms with Crippen molar-refractivity contribution in [3.63, 3.8) is 0 Å². The van der Waals surface area contributed by atoms with Gasteiger partial charge in [-0.25, -0.2) is 0 Å². The smallest absolute Gasteiger partial charge is 0.0757 e. The SMILES string of the molecule is c1ccc(C2SCc3ccccc3CS2)cc1. The van der Waals surface area contributed by atoms with Crippen molar-refractivity contribution in [2.75, 3.05) is 0 Å². The van der Waals surface area contributed by atoms with Crippen molar-refractivity contribution in [3.8, 4) is 0 Å². The Morgan fingerprint density at radius 2 is 1.24 bits per heavy atom. The van der Waals surface area contributed by atoms with Crippen LogP contribution in [-0.4, -0.2) is 0 Å². The third kappa shape index (κ3) is 2.53. The summed E-state index contributed by atoms with van der Waals surface area (Å²) in [5.74, 6) is 2.26. The van der Waals surface area contributed by atoms with Gasteiger partial charge in [0.1, 0.15) is 0 Å². The van der Waals surface area contributed by atoms with E-state index >= 15 is 0 Å². The molecule has 17 heavy (non-hydrogen) atoms. The number of hydrogen-bond acceptors (Lipinski definition) is 2. The summed E-state index contributed by atoms with van der Waals surface area (Å²) >= 11 is 4.09. The van der Waals surface area contributed by atoms with Crippen molar-refractivity contribution in [2.45, 2.75) is 16.1 Å². The van der Waals surface area contributed by atoms with E-state index in [0.717, 1.165) is 11.5 Å². The molecule has 0 radical (unpaired) electrons. The van der Waals surface area contributed by atoms with Crippen molar-refractivity contribution < 1.29 is 0 Å². The van der Waals surface area contributed by atoms with Crippen LogP contribution in [-0.2, 0) is 11.5 Å². The molecule has 0 aliphatic carbocycles. The highest BCUT2D eigenvalue weighted by Crippen LogP contribution is 2.45. The normalized spacial score (nSPS) is 16.2. The van der Waals surface area contributed by atoms with Crippen LogP contribution < -0.4 is 0 Å². The molecule has 2 heteroatoms. The molecule has 3 rings (SSSR count). The van der Waals surface area contributed by atoms with E-state index in [0.29, 0.717) is 4.58 Å². The predicted octanol–water partition coefficient (Wildman–Crippen LogP) is 4.87. The molecule has 0 N–H and O–H groups in total. The van der Waals surface area contributed by atoms with Gasteiger partial charge < -0.3 is 0 Å². The summed E-state index contributed by atoms with van der Waals surface area (Å²) in [6.07, 6.45) is 0. The van der Waals surface area contributed by atoms with Crippen LogP contribution in [0, 0.1) is 0 Å². The van der Waals surface area contributed by atoms with Gasteiger partial charge >= 0.3 is 0 Å². The maximum atomic E-state index is 2.26. The molecule has 0 saturated carbocycles. The Morgan fingerprint density at radius 3 is 1.82 bits per heavy atom. The maximum Gasteiger partial charge on any atom is 0.0757 e. The molecule has 1 aliphatic heterocycles. The number of benzene rings is 2. The van der Waals surface area contributed by atoms with Crippen LogP contribution in [0.25, 0.3) is 0 Å². The molecule has 0 bridgehead atoms. The fraction of sp³-hybridized carbons (Fsp3) is 0.200. The largest absolute Gasteiger partial charge is 0.138 e. The van der Waals surface area contributed by atoms with Crippen LogP contribution in [0.2, 0.25) is 0 Å². The topological polar surface area (TPSA) is 0 Å². The Balaban J connectivity index is 1.82. The third-order valence-corrected chi connectivity index (χ3v) is 5.89. The van der Waals surface area contributed by atoms with Crippen LogP contribution in [0.15, 0.2) is 54.6 Å². The molecule has 0 atom stereocenters. The molecule has 0 saturated heterocycles. The molecule has 0 unspecified atom stereocenters. The number of fused-ring (bicyclic) bond motifs is 1. The molecular formula is C15H14S2. The summed E-state index contributed by atoms with van der Waals surface area (Å²) < 4.78 is 0.573. The molecule has 0 fully saturated rings. The lowest BCUT2D eigenvalue weighted by atomic mass is 10.1. The second kappa shape index (κ2) is 5.19. The summed E-state index contributed by atoms with van der Waals surface area (Å²) in [5.41, 5.74) is 4.45. The van der Waals surface area contributed by atoms with E-state index in [2.05, 4.69) is 54.6 Å². The zero-order chi connectivity index (χ0) is 11.5. The van der Waals surface area contributed by atoms with Gasteiger partial charge in [-0.3, -0.25) is 0 Å². The Labute approximate surface area is 111 Å². The van der Waals surface area contributed by atoms with E-state index < -0.39 is 0 Å². The highest BCUT2D eigenvalue weighted by Gasteiger charge is 2.17. The highest BCUT2D eigenvalue weighted by atomic mass is 32.2. The zero-order valence-corrected chi connectivity index (χ0v) is 11.1.